The van der Waals surface area contributed by atoms with Crippen molar-refractivity contribution in [2.75, 3.05) is 25.6 Å². The van der Waals surface area contributed by atoms with Gasteiger partial charge in [-0.15, -0.1) is 21.5 Å². The van der Waals surface area contributed by atoms with E-state index < -0.39 is 0 Å². The Kier molecular flexibility index (Phi) is 4.56. The van der Waals surface area contributed by atoms with Crippen molar-refractivity contribution in [2.45, 2.75) is 24.8 Å². The monoisotopic (exact) mass is 414 g/mol. The molecule has 7 nitrogen and oxygen atoms in total. The molecule has 2 aliphatic rings. The third-order valence-corrected chi connectivity index (χ3v) is 6.75. The summed E-state index contributed by atoms with van der Waals surface area (Å²) in [5, 5.41) is 10.5. The molecule has 3 aromatic rings. The van der Waals surface area contributed by atoms with Crippen LogP contribution in [0.1, 0.15) is 17.8 Å². The second-order valence-corrected chi connectivity index (χ2v) is 8.88. The zero-order valence-corrected chi connectivity index (χ0v) is 16.9. The van der Waals surface area contributed by atoms with Crippen LogP contribution in [-0.4, -0.2) is 51.6 Å². The summed E-state index contributed by atoms with van der Waals surface area (Å²) in [5.41, 5.74) is 2.49. The molecule has 1 aromatic carbocycles. The zero-order valence-electron chi connectivity index (χ0n) is 15.3. The molecule has 0 bridgehead atoms. The van der Waals surface area contributed by atoms with E-state index in [-0.39, 0.29) is 12.7 Å². The van der Waals surface area contributed by atoms with Crippen molar-refractivity contribution < 1.29 is 14.3 Å². The number of likely N-dealkylation sites (tertiary alicyclic amines) is 1. The third-order valence-electron chi connectivity index (χ3n) is 4.83. The predicted octanol–water partition coefficient (Wildman–Crippen LogP) is 3.50. The first-order chi connectivity index (χ1) is 13.7. The van der Waals surface area contributed by atoms with Crippen LogP contribution in [0.5, 0.6) is 11.5 Å². The molecule has 1 amide bonds. The number of hydrogen-bond donors (Lipinski definition) is 0. The van der Waals surface area contributed by atoms with E-state index in [1.807, 2.05) is 30.0 Å². The molecule has 0 saturated carbocycles. The highest BCUT2D eigenvalue weighted by atomic mass is 32.2. The van der Waals surface area contributed by atoms with Gasteiger partial charge in [-0.2, -0.15) is 0 Å². The lowest BCUT2D eigenvalue weighted by Gasteiger charge is -2.14. The van der Waals surface area contributed by atoms with Gasteiger partial charge in [-0.1, -0.05) is 11.8 Å². The van der Waals surface area contributed by atoms with Crippen LogP contribution in [0, 0.1) is 6.92 Å². The number of fused-ring (bicyclic) bond motifs is 2. The van der Waals surface area contributed by atoms with Crippen LogP contribution in [0.25, 0.3) is 21.5 Å². The molecule has 0 radical (unpaired) electrons. The normalized spacial score (nSPS) is 15.5. The van der Waals surface area contributed by atoms with Gasteiger partial charge in [-0.25, -0.2) is 4.98 Å². The van der Waals surface area contributed by atoms with E-state index in [0.717, 1.165) is 58.2 Å². The molecular weight excluding hydrogens is 396 g/mol. The van der Waals surface area contributed by atoms with E-state index in [1.54, 1.807) is 11.3 Å². The minimum absolute atomic E-state index is 0.157. The Labute approximate surface area is 170 Å². The smallest absolute Gasteiger partial charge is 0.232 e. The first-order valence-corrected chi connectivity index (χ1v) is 10.9. The fourth-order valence-electron chi connectivity index (χ4n) is 3.44. The standard InChI is InChI=1S/C19H18N4O3S2/c1-11-20-17-18(28-11)16(12-4-5-13-14(8-12)26-10-25-13)21-22-19(17)27-9-15(24)23-6-2-3-7-23/h4-5,8H,2-3,6-7,9-10H2,1H3. The molecule has 0 aliphatic carbocycles. The number of carbonyl (C=O) groups is 1. The minimum Gasteiger partial charge on any atom is -0.454 e. The highest BCUT2D eigenvalue weighted by molar-refractivity contribution is 8.00. The Morgan fingerprint density at radius 3 is 2.89 bits per heavy atom. The molecule has 0 atom stereocenters. The van der Waals surface area contributed by atoms with Gasteiger partial charge in [0.15, 0.2) is 11.5 Å². The molecule has 0 N–H and O–H groups in total. The summed E-state index contributed by atoms with van der Waals surface area (Å²) in [6.45, 7) is 3.93. The first-order valence-electron chi connectivity index (χ1n) is 9.13. The van der Waals surface area contributed by atoms with E-state index >= 15 is 0 Å². The molecule has 2 aliphatic heterocycles. The van der Waals surface area contributed by atoms with Crippen LogP contribution in [0.3, 0.4) is 0 Å². The summed E-state index contributed by atoms with van der Waals surface area (Å²) in [6, 6.07) is 5.76. The van der Waals surface area contributed by atoms with E-state index in [9.17, 15) is 4.79 Å². The van der Waals surface area contributed by atoms with Gasteiger partial charge in [-0.3, -0.25) is 4.79 Å². The van der Waals surface area contributed by atoms with Crippen molar-refractivity contribution in [2.24, 2.45) is 0 Å². The quantitative estimate of drug-likeness (QED) is 0.605. The van der Waals surface area contributed by atoms with Crippen LogP contribution in [0.2, 0.25) is 0 Å². The zero-order chi connectivity index (χ0) is 19.1. The summed E-state index contributed by atoms with van der Waals surface area (Å²) in [5.74, 6) is 1.97. The third kappa shape index (κ3) is 3.18. The van der Waals surface area contributed by atoms with E-state index in [1.165, 1.54) is 11.8 Å². The van der Waals surface area contributed by atoms with Gasteiger partial charge in [0.1, 0.15) is 16.2 Å². The summed E-state index contributed by atoms with van der Waals surface area (Å²) in [7, 11) is 0. The number of hydrogen-bond acceptors (Lipinski definition) is 8. The summed E-state index contributed by atoms with van der Waals surface area (Å²) in [4.78, 5) is 19.0. The molecule has 4 heterocycles. The lowest BCUT2D eigenvalue weighted by molar-refractivity contribution is -0.127. The van der Waals surface area contributed by atoms with Gasteiger partial charge in [-0.05, 0) is 38.0 Å². The Morgan fingerprint density at radius 1 is 1.21 bits per heavy atom. The fraction of sp³-hybridized carbons (Fsp3) is 0.368. The molecule has 144 valence electrons. The topological polar surface area (TPSA) is 77.4 Å². The first kappa shape index (κ1) is 17.7. The van der Waals surface area contributed by atoms with Crippen LogP contribution in [0.4, 0.5) is 0 Å². The van der Waals surface area contributed by atoms with Crippen LogP contribution in [-0.2, 0) is 4.79 Å². The van der Waals surface area contributed by atoms with Crippen molar-refractivity contribution in [1.29, 1.82) is 0 Å². The molecule has 2 aromatic heterocycles. The van der Waals surface area contributed by atoms with Crippen molar-refractivity contribution in [1.82, 2.24) is 20.1 Å². The molecule has 5 rings (SSSR count). The van der Waals surface area contributed by atoms with E-state index in [2.05, 4.69) is 15.2 Å². The van der Waals surface area contributed by atoms with Crippen LogP contribution >= 0.6 is 23.1 Å². The SMILES string of the molecule is Cc1nc2c(SCC(=O)N3CCCC3)nnc(-c3ccc4c(c3)OCO4)c2s1. The Hall–Kier alpha value is -2.39. The van der Waals surface area contributed by atoms with Crippen molar-refractivity contribution in [3.8, 4) is 22.8 Å². The maximum Gasteiger partial charge on any atom is 0.232 e. The van der Waals surface area contributed by atoms with Crippen molar-refractivity contribution in [3.05, 3.63) is 23.2 Å². The highest BCUT2D eigenvalue weighted by Gasteiger charge is 2.22. The van der Waals surface area contributed by atoms with Crippen LogP contribution < -0.4 is 9.47 Å². The predicted molar refractivity (Wildman–Crippen MR) is 108 cm³/mol. The lowest BCUT2D eigenvalue weighted by atomic mass is 10.1. The Morgan fingerprint density at radius 2 is 2.04 bits per heavy atom. The van der Waals surface area contributed by atoms with Gasteiger partial charge in [0, 0.05) is 18.7 Å². The largest absolute Gasteiger partial charge is 0.454 e. The molecule has 0 unspecified atom stereocenters. The van der Waals surface area contributed by atoms with E-state index in [4.69, 9.17) is 9.47 Å². The minimum atomic E-state index is 0.157. The number of nitrogens with zero attached hydrogens (tertiary/aromatic N) is 4. The summed E-state index contributed by atoms with van der Waals surface area (Å²) in [6.07, 6.45) is 2.19. The van der Waals surface area contributed by atoms with Gasteiger partial charge in [0.05, 0.1) is 15.5 Å². The van der Waals surface area contributed by atoms with E-state index in [0.29, 0.717) is 16.5 Å². The van der Waals surface area contributed by atoms with Crippen molar-refractivity contribution in [3.63, 3.8) is 0 Å². The molecule has 0 spiro atoms. The Balaban J connectivity index is 1.46. The number of thioether (sulfide) groups is 1. The molecule has 28 heavy (non-hydrogen) atoms. The number of amides is 1. The molecular formula is C19H18N4O3S2. The number of thiazole rings is 1. The highest BCUT2D eigenvalue weighted by Crippen LogP contribution is 2.39. The lowest BCUT2D eigenvalue weighted by Crippen LogP contribution is -2.29. The average molecular weight is 415 g/mol. The second kappa shape index (κ2) is 7.21. The second-order valence-electron chi connectivity index (χ2n) is 6.71. The number of aromatic nitrogens is 3. The fourth-order valence-corrected chi connectivity index (χ4v) is 5.26. The van der Waals surface area contributed by atoms with Gasteiger partial charge >= 0.3 is 0 Å². The molecule has 1 saturated heterocycles. The molecule has 1 fully saturated rings. The summed E-state index contributed by atoms with van der Waals surface area (Å²) >= 11 is 3.00. The van der Waals surface area contributed by atoms with Crippen molar-refractivity contribution >= 4 is 39.2 Å². The maximum atomic E-state index is 12.4. The number of ether oxygens (including phenoxy) is 2. The average Bonchev–Trinajstić information content (AvgIpc) is 3.44. The maximum absolute atomic E-state index is 12.4. The number of benzene rings is 1. The number of aryl methyl sites for hydroxylation is 1. The van der Waals surface area contributed by atoms with Gasteiger partial charge in [0.25, 0.3) is 0 Å². The number of carbonyl (C=O) groups excluding carboxylic acids is 1. The number of rotatable bonds is 4. The Bertz CT molecular complexity index is 1060. The summed E-state index contributed by atoms with van der Waals surface area (Å²) < 4.78 is 11.9. The van der Waals surface area contributed by atoms with Gasteiger partial charge < -0.3 is 14.4 Å². The van der Waals surface area contributed by atoms with Gasteiger partial charge in [0.2, 0.25) is 12.7 Å². The van der Waals surface area contributed by atoms with Crippen LogP contribution in [0.15, 0.2) is 23.2 Å². The molecule has 9 heteroatoms.